The number of aliphatic hydroxyl groups is 1. The normalized spacial score (nSPS) is 12.2. The zero-order chi connectivity index (χ0) is 13.0. The average Bonchev–Trinajstić information content (AvgIpc) is 2.38. The quantitative estimate of drug-likeness (QED) is 0.925. The Bertz CT molecular complexity index is 531. The van der Waals surface area contributed by atoms with E-state index in [9.17, 15) is 5.11 Å². The standard InChI is InChI=1S/C14H14BrNO2/c1-2-13(17)12-5-3-4-6-14(12)18-11-7-10(15)8-16-9-11/h3-9,13,17H,2H2,1H3/t13-/m0/s1. The molecule has 0 unspecified atom stereocenters. The number of hydrogen-bond donors (Lipinski definition) is 1. The minimum atomic E-state index is -0.513. The minimum absolute atomic E-state index is 0.513. The molecule has 0 aliphatic carbocycles. The lowest BCUT2D eigenvalue weighted by molar-refractivity contribution is 0.170. The first-order valence-electron chi connectivity index (χ1n) is 5.76. The molecule has 0 aliphatic rings. The van der Waals surface area contributed by atoms with Crippen molar-refractivity contribution < 1.29 is 9.84 Å². The van der Waals surface area contributed by atoms with Crippen LogP contribution in [0, 0.1) is 0 Å². The number of para-hydroxylation sites is 1. The first-order valence-corrected chi connectivity index (χ1v) is 6.55. The van der Waals surface area contributed by atoms with E-state index in [0.717, 1.165) is 10.0 Å². The molecule has 2 aromatic rings. The first-order chi connectivity index (χ1) is 8.70. The van der Waals surface area contributed by atoms with Crippen LogP contribution in [-0.4, -0.2) is 10.1 Å². The second-order valence-electron chi connectivity index (χ2n) is 3.90. The van der Waals surface area contributed by atoms with Crippen molar-refractivity contribution in [3.8, 4) is 11.5 Å². The Balaban J connectivity index is 2.29. The summed E-state index contributed by atoms with van der Waals surface area (Å²) >= 11 is 3.34. The number of rotatable bonds is 4. The number of pyridine rings is 1. The third kappa shape index (κ3) is 3.09. The van der Waals surface area contributed by atoms with E-state index in [1.165, 1.54) is 0 Å². The second kappa shape index (κ2) is 5.98. The van der Waals surface area contributed by atoms with Crippen LogP contribution in [0.5, 0.6) is 11.5 Å². The molecule has 0 fully saturated rings. The molecular formula is C14H14BrNO2. The van der Waals surface area contributed by atoms with Gasteiger partial charge in [-0.3, -0.25) is 4.98 Å². The average molecular weight is 308 g/mol. The Morgan fingerprint density at radius 2 is 2.11 bits per heavy atom. The number of hydrogen-bond acceptors (Lipinski definition) is 3. The predicted molar refractivity (Wildman–Crippen MR) is 73.7 cm³/mol. The van der Waals surface area contributed by atoms with E-state index in [1.54, 1.807) is 12.4 Å². The summed E-state index contributed by atoms with van der Waals surface area (Å²) in [5, 5.41) is 9.94. The smallest absolute Gasteiger partial charge is 0.146 e. The van der Waals surface area contributed by atoms with Gasteiger partial charge in [-0.15, -0.1) is 0 Å². The number of ether oxygens (including phenoxy) is 1. The van der Waals surface area contributed by atoms with Gasteiger partial charge >= 0.3 is 0 Å². The van der Waals surface area contributed by atoms with Crippen molar-refractivity contribution in [3.05, 3.63) is 52.8 Å². The zero-order valence-corrected chi connectivity index (χ0v) is 11.6. The van der Waals surface area contributed by atoms with Gasteiger partial charge < -0.3 is 9.84 Å². The highest BCUT2D eigenvalue weighted by atomic mass is 79.9. The van der Waals surface area contributed by atoms with Gasteiger partial charge in [0.2, 0.25) is 0 Å². The fraction of sp³-hybridized carbons (Fsp3) is 0.214. The molecule has 3 nitrogen and oxygen atoms in total. The zero-order valence-electron chi connectivity index (χ0n) is 10.0. The van der Waals surface area contributed by atoms with Crippen LogP contribution >= 0.6 is 15.9 Å². The van der Waals surface area contributed by atoms with Gasteiger partial charge in [0.25, 0.3) is 0 Å². The summed E-state index contributed by atoms with van der Waals surface area (Å²) in [4.78, 5) is 4.04. The Morgan fingerprint density at radius 1 is 1.33 bits per heavy atom. The van der Waals surface area contributed by atoms with Crippen LogP contribution in [0.1, 0.15) is 25.0 Å². The molecule has 1 atom stereocenters. The van der Waals surface area contributed by atoms with Crippen molar-refractivity contribution in [1.82, 2.24) is 4.98 Å². The molecule has 0 bridgehead atoms. The monoisotopic (exact) mass is 307 g/mol. The molecule has 18 heavy (non-hydrogen) atoms. The molecule has 0 saturated heterocycles. The Labute approximate surface area is 115 Å². The maximum Gasteiger partial charge on any atom is 0.146 e. The Hall–Kier alpha value is -1.39. The number of aromatic nitrogens is 1. The van der Waals surface area contributed by atoms with Gasteiger partial charge in [0.15, 0.2) is 0 Å². The molecule has 1 aromatic carbocycles. The van der Waals surface area contributed by atoms with E-state index in [0.29, 0.717) is 17.9 Å². The van der Waals surface area contributed by atoms with Gasteiger partial charge in [-0.05, 0) is 34.5 Å². The Morgan fingerprint density at radius 3 is 2.83 bits per heavy atom. The van der Waals surface area contributed by atoms with E-state index in [1.807, 2.05) is 37.3 Å². The summed E-state index contributed by atoms with van der Waals surface area (Å²) in [5.74, 6) is 1.30. The van der Waals surface area contributed by atoms with Crippen LogP contribution in [0.3, 0.4) is 0 Å². The van der Waals surface area contributed by atoms with Crippen LogP contribution in [0.2, 0.25) is 0 Å². The van der Waals surface area contributed by atoms with E-state index in [2.05, 4.69) is 20.9 Å². The summed E-state index contributed by atoms with van der Waals surface area (Å²) in [5.41, 5.74) is 0.792. The SMILES string of the molecule is CC[C@H](O)c1ccccc1Oc1cncc(Br)c1. The number of benzene rings is 1. The predicted octanol–water partition coefficient (Wildman–Crippen LogP) is 4.08. The number of halogens is 1. The molecule has 1 N–H and O–H groups in total. The maximum atomic E-state index is 9.94. The fourth-order valence-electron chi connectivity index (χ4n) is 1.64. The van der Waals surface area contributed by atoms with Crippen LogP contribution < -0.4 is 4.74 Å². The highest BCUT2D eigenvalue weighted by molar-refractivity contribution is 9.10. The summed E-state index contributed by atoms with van der Waals surface area (Å²) in [7, 11) is 0. The molecule has 0 radical (unpaired) electrons. The fourth-order valence-corrected chi connectivity index (χ4v) is 1.99. The van der Waals surface area contributed by atoms with Gasteiger partial charge in [-0.2, -0.15) is 0 Å². The molecule has 0 aliphatic heterocycles. The van der Waals surface area contributed by atoms with Crippen molar-refractivity contribution in [2.45, 2.75) is 19.4 Å². The van der Waals surface area contributed by atoms with Gasteiger partial charge in [-0.1, -0.05) is 25.1 Å². The van der Waals surface area contributed by atoms with Crippen molar-refractivity contribution in [1.29, 1.82) is 0 Å². The van der Waals surface area contributed by atoms with Gasteiger partial charge in [0, 0.05) is 16.2 Å². The summed E-state index contributed by atoms with van der Waals surface area (Å²) in [6.07, 6.45) is 3.47. The van der Waals surface area contributed by atoms with E-state index >= 15 is 0 Å². The van der Waals surface area contributed by atoms with Gasteiger partial charge in [-0.25, -0.2) is 0 Å². The number of nitrogens with zero attached hydrogens (tertiary/aromatic N) is 1. The second-order valence-corrected chi connectivity index (χ2v) is 4.82. The first kappa shape index (κ1) is 13.1. The third-order valence-electron chi connectivity index (χ3n) is 2.57. The van der Waals surface area contributed by atoms with Gasteiger partial charge in [0.1, 0.15) is 11.5 Å². The minimum Gasteiger partial charge on any atom is -0.455 e. The van der Waals surface area contributed by atoms with Crippen molar-refractivity contribution in [2.75, 3.05) is 0 Å². The van der Waals surface area contributed by atoms with E-state index in [-0.39, 0.29) is 0 Å². The highest BCUT2D eigenvalue weighted by Crippen LogP contribution is 2.31. The van der Waals surface area contributed by atoms with Gasteiger partial charge in [0.05, 0.1) is 12.3 Å². The summed E-state index contributed by atoms with van der Waals surface area (Å²) in [6.45, 7) is 1.93. The molecule has 0 amide bonds. The van der Waals surface area contributed by atoms with E-state index < -0.39 is 6.10 Å². The third-order valence-corrected chi connectivity index (χ3v) is 3.01. The van der Waals surface area contributed by atoms with Crippen molar-refractivity contribution in [2.24, 2.45) is 0 Å². The lowest BCUT2D eigenvalue weighted by Gasteiger charge is -2.14. The summed E-state index contributed by atoms with van der Waals surface area (Å²) in [6, 6.07) is 9.32. The molecule has 0 spiro atoms. The van der Waals surface area contributed by atoms with Crippen LogP contribution in [0.25, 0.3) is 0 Å². The molecule has 4 heteroatoms. The molecular weight excluding hydrogens is 294 g/mol. The largest absolute Gasteiger partial charge is 0.455 e. The lowest BCUT2D eigenvalue weighted by atomic mass is 10.1. The molecule has 0 saturated carbocycles. The van der Waals surface area contributed by atoms with Crippen molar-refractivity contribution in [3.63, 3.8) is 0 Å². The van der Waals surface area contributed by atoms with Crippen LogP contribution in [0.15, 0.2) is 47.2 Å². The summed E-state index contributed by atoms with van der Waals surface area (Å²) < 4.78 is 6.62. The lowest BCUT2D eigenvalue weighted by Crippen LogP contribution is -1.98. The molecule has 94 valence electrons. The van der Waals surface area contributed by atoms with Crippen LogP contribution in [0.4, 0.5) is 0 Å². The molecule has 1 aromatic heterocycles. The number of aliphatic hydroxyl groups excluding tert-OH is 1. The molecule has 1 heterocycles. The van der Waals surface area contributed by atoms with E-state index in [4.69, 9.17) is 4.74 Å². The Kier molecular flexibility index (Phi) is 4.33. The van der Waals surface area contributed by atoms with Crippen LogP contribution in [-0.2, 0) is 0 Å². The molecule has 2 rings (SSSR count). The van der Waals surface area contributed by atoms with Crippen molar-refractivity contribution >= 4 is 15.9 Å². The maximum absolute atomic E-state index is 9.94. The highest BCUT2D eigenvalue weighted by Gasteiger charge is 2.11. The topological polar surface area (TPSA) is 42.4 Å².